The number of imide groups is 1. The summed E-state index contributed by atoms with van der Waals surface area (Å²) >= 11 is 0. The summed E-state index contributed by atoms with van der Waals surface area (Å²) in [4.78, 5) is 47.5. The third-order valence-corrected chi connectivity index (χ3v) is 3.43. The molecule has 7 nitrogen and oxygen atoms in total. The summed E-state index contributed by atoms with van der Waals surface area (Å²) in [5.41, 5.74) is -1.25. The predicted octanol–water partition coefficient (Wildman–Crippen LogP) is -0.154. The molecule has 0 aromatic heterocycles. The Hall–Kier alpha value is -2.18. The third kappa shape index (κ3) is 1.99. The zero-order valence-electron chi connectivity index (χ0n) is 11.3. The van der Waals surface area contributed by atoms with Crippen molar-refractivity contribution in [1.82, 2.24) is 5.32 Å². The SMILES string of the molecule is CCOC(=O)C1(C(=O)OCC)CC2=C(C1)C(=O)NC2=O. The summed E-state index contributed by atoms with van der Waals surface area (Å²) < 4.78 is 9.85. The molecular formula is C13H15NO6. The van der Waals surface area contributed by atoms with Crippen LogP contribution < -0.4 is 5.32 Å². The molecule has 2 amide bonds. The molecule has 0 aromatic rings. The van der Waals surface area contributed by atoms with Crippen LogP contribution in [0.4, 0.5) is 0 Å². The second-order valence-corrected chi connectivity index (χ2v) is 4.62. The molecule has 0 radical (unpaired) electrons. The van der Waals surface area contributed by atoms with Crippen molar-refractivity contribution in [1.29, 1.82) is 0 Å². The normalized spacial score (nSPS) is 19.7. The van der Waals surface area contributed by atoms with Crippen molar-refractivity contribution >= 4 is 23.8 Å². The van der Waals surface area contributed by atoms with Gasteiger partial charge < -0.3 is 9.47 Å². The summed E-state index contributed by atoms with van der Waals surface area (Å²) in [5.74, 6) is -2.62. The second-order valence-electron chi connectivity index (χ2n) is 4.62. The van der Waals surface area contributed by atoms with Crippen LogP contribution in [0.1, 0.15) is 26.7 Å². The average Bonchev–Trinajstić information content (AvgIpc) is 2.91. The van der Waals surface area contributed by atoms with E-state index in [-0.39, 0.29) is 37.2 Å². The van der Waals surface area contributed by atoms with E-state index in [1.165, 1.54) is 0 Å². The molecule has 0 fully saturated rings. The molecule has 2 rings (SSSR count). The van der Waals surface area contributed by atoms with Gasteiger partial charge in [-0.15, -0.1) is 0 Å². The molecule has 2 aliphatic rings. The quantitative estimate of drug-likeness (QED) is 0.437. The van der Waals surface area contributed by atoms with Gasteiger partial charge in [0.15, 0.2) is 5.41 Å². The molecule has 108 valence electrons. The lowest BCUT2D eigenvalue weighted by molar-refractivity contribution is -0.171. The van der Waals surface area contributed by atoms with E-state index in [2.05, 4.69) is 5.32 Å². The zero-order valence-corrected chi connectivity index (χ0v) is 11.3. The van der Waals surface area contributed by atoms with Crippen molar-refractivity contribution in [3.8, 4) is 0 Å². The third-order valence-electron chi connectivity index (χ3n) is 3.43. The first-order valence-electron chi connectivity index (χ1n) is 6.38. The Labute approximate surface area is 115 Å². The lowest BCUT2D eigenvalue weighted by Gasteiger charge is -2.25. The Kier molecular flexibility index (Phi) is 3.61. The Morgan fingerprint density at radius 2 is 1.40 bits per heavy atom. The van der Waals surface area contributed by atoms with Gasteiger partial charge in [0.1, 0.15) is 0 Å². The highest BCUT2D eigenvalue weighted by Crippen LogP contribution is 2.46. The molecule has 7 heteroatoms. The number of rotatable bonds is 4. The Morgan fingerprint density at radius 3 is 1.75 bits per heavy atom. The molecule has 0 spiro atoms. The fourth-order valence-electron chi connectivity index (χ4n) is 2.48. The first-order chi connectivity index (χ1) is 9.46. The molecule has 20 heavy (non-hydrogen) atoms. The summed E-state index contributed by atoms with van der Waals surface area (Å²) in [6.45, 7) is 3.44. The van der Waals surface area contributed by atoms with Crippen LogP contribution in [-0.2, 0) is 28.7 Å². The number of carbonyl (C=O) groups is 4. The van der Waals surface area contributed by atoms with Crippen molar-refractivity contribution in [3.05, 3.63) is 11.1 Å². The number of hydrogen-bond donors (Lipinski definition) is 1. The van der Waals surface area contributed by atoms with Crippen LogP contribution in [0.25, 0.3) is 0 Å². The maximum Gasteiger partial charge on any atom is 0.324 e. The van der Waals surface area contributed by atoms with E-state index in [0.717, 1.165) is 0 Å². The van der Waals surface area contributed by atoms with Gasteiger partial charge in [0.05, 0.1) is 13.2 Å². The highest BCUT2D eigenvalue weighted by Gasteiger charge is 2.57. The van der Waals surface area contributed by atoms with E-state index in [4.69, 9.17) is 9.47 Å². The number of ether oxygens (including phenoxy) is 2. The Balaban J connectivity index is 2.34. The minimum absolute atomic E-state index is 0.102. The summed E-state index contributed by atoms with van der Waals surface area (Å²) in [6.07, 6.45) is -0.310. The predicted molar refractivity (Wildman–Crippen MR) is 65.1 cm³/mol. The van der Waals surface area contributed by atoms with Gasteiger partial charge in [-0.1, -0.05) is 0 Å². The van der Waals surface area contributed by atoms with Gasteiger partial charge in [0, 0.05) is 24.0 Å². The van der Waals surface area contributed by atoms with E-state index in [1.807, 2.05) is 0 Å². The lowest BCUT2D eigenvalue weighted by Crippen LogP contribution is -2.42. The molecule has 0 atom stereocenters. The fraction of sp³-hybridized carbons (Fsp3) is 0.538. The number of nitrogens with one attached hydrogen (secondary N) is 1. The van der Waals surface area contributed by atoms with Gasteiger partial charge in [0.25, 0.3) is 11.8 Å². The Bertz CT molecular complexity index is 487. The van der Waals surface area contributed by atoms with Gasteiger partial charge in [-0.3, -0.25) is 24.5 Å². The molecule has 1 N–H and O–H groups in total. The topological polar surface area (TPSA) is 98.8 Å². The smallest absolute Gasteiger partial charge is 0.324 e. The highest BCUT2D eigenvalue weighted by atomic mass is 16.6. The first kappa shape index (κ1) is 14.2. The first-order valence-corrected chi connectivity index (χ1v) is 6.38. The number of amides is 2. The number of carbonyl (C=O) groups excluding carboxylic acids is 4. The molecule has 0 unspecified atom stereocenters. The molecule has 1 heterocycles. The minimum atomic E-state index is -1.61. The molecule has 0 aromatic carbocycles. The van der Waals surface area contributed by atoms with Crippen molar-refractivity contribution in [2.24, 2.45) is 5.41 Å². The maximum atomic E-state index is 12.1. The van der Waals surface area contributed by atoms with Crippen LogP contribution >= 0.6 is 0 Å². The van der Waals surface area contributed by atoms with E-state index < -0.39 is 29.2 Å². The van der Waals surface area contributed by atoms with E-state index in [9.17, 15) is 19.2 Å². The summed E-state index contributed by atoms with van der Waals surface area (Å²) in [6, 6.07) is 0. The van der Waals surface area contributed by atoms with Crippen molar-refractivity contribution < 1.29 is 28.7 Å². The van der Waals surface area contributed by atoms with Crippen molar-refractivity contribution in [2.45, 2.75) is 26.7 Å². The van der Waals surface area contributed by atoms with Gasteiger partial charge in [0.2, 0.25) is 0 Å². The minimum Gasteiger partial charge on any atom is -0.465 e. The van der Waals surface area contributed by atoms with Gasteiger partial charge in [-0.2, -0.15) is 0 Å². The summed E-state index contributed by atoms with van der Waals surface area (Å²) in [7, 11) is 0. The average molecular weight is 281 g/mol. The van der Waals surface area contributed by atoms with Crippen LogP contribution in [0.2, 0.25) is 0 Å². The Morgan fingerprint density at radius 1 is 1.00 bits per heavy atom. The maximum absolute atomic E-state index is 12.1. The largest absolute Gasteiger partial charge is 0.465 e. The molecular weight excluding hydrogens is 266 g/mol. The van der Waals surface area contributed by atoms with E-state index in [1.54, 1.807) is 13.8 Å². The zero-order chi connectivity index (χ0) is 14.9. The van der Waals surface area contributed by atoms with Crippen LogP contribution in [-0.4, -0.2) is 37.0 Å². The van der Waals surface area contributed by atoms with Gasteiger partial charge in [-0.25, -0.2) is 0 Å². The van der Waals surface area contributed by atoms with Crippen LogP contribution in [0, 0.1) is 5.41 Å². The monoisotopic (exact) mass is 281 g/mol. The highest BCUT2D eigenvalue weighted by molar-refractivity contribution is 6.22. The van der Waals surface area contributed by atoms with E-state index >= 15 is 0 Å². The van der Waals surface area contributed by atoms with Crippen LogP contribution in [0.3, 0.4) is 0 Å². The second kappa shape index (κ2) is 5.07. The van der Waals surface area contributed by atoms with Crippen LogP contribution in [0.15, 0.2) is 11.1 Å². The summed E-state index contributed by atoms with van der Waals surface area (Å²) in [5, 5.41) is 2.14. The molecule has 0 saturated carbocycles. The molecule has 1 aliphatic heterocycles. The molecule has 0 bridgehead atoms. The van der Waals surface area contributed by atoms with Crippen molar-refractivity contribution in [3.63, 3.8) is 0 Å². The number of hydrogen-bond acceptors (Lipinski definition) is 6. The van der Waals surface area contributed by atoms with E-state index in [0.29, 0.717) is 0 Å². The molecule has 0 saturated heterocycles. The van der Waals surface area contributed by atoms with Crippen molar-refractivity contribution in [2.75, 3.05) is 13.2 Å². The standard InChI is InChI=1S/C13H15NO6/c1-3-19-11(17)13(12(18)20-4-2)5-7-8(6-13)10(16)14-9(7)15/h3-6H2,1-2H3,(H,14,15,16). The van der Waals surface area contributed by atoms with Gasteiger partial charge >= 0.3 is 11.9 Å². The number of esters is 2. The van der Waals surface area contributed by atoms with Crippen LogP contribution in [0.5, 0.6) is 0 Å². The fourth-order valence-corrected chi connectivity index (χ4v) is 2.48. The molecule has 1 aliphatic carbocycles. The lowest BCUT2D eigenvalue weighted by atomic mass is 9.83. The van der Waals surface area contributed by atoms with Gasteiger partial charge in [-0.05, 0) is 13.8 Å².